The lowest BCUT2D eigenvalue weighted by atomic mass is 10.1. The van der Waals surface area contributed by atoms with E-state index >= 15 is 0 Å². The predicted octanol–water partition coefficient (Wildman–Crippen LogP) is 2.78. The van der Waals surface area contributed by atoms with Crippen molar-refractivity contribution in [1.29, 1.82) is 0 Å². The maximum atomic E-state index is 5.91. The van der Waals surface area contributed by atoms with Gasteiger partial charge in [0.1, 0.15) is 5.15 Å². The highest BCUT2D eigenvalue weighted by Crippen LogP contribution is 2.19. The number of hydrogen-bond donors (Lipinski definition) is 1. The van der Waals surface area contributed by atoms with Crippen molar-refractivity contribution in [3.63, 3.8) is 0 Å². The van der Waals surface area contributed by atoms with Gasteiger partial charge in [-0.2, -0.15) is 0 Å². The highest BCUT2D eigenvalue weighted by molar-refractivity contribution is 9.10. The number of nitrogens with two attached hydrogens (primary N) is 1. The van der Waals surface area contributed by atoms with Crippen LogP contribution in [0.2, 0.25) is 5.15 Å². The molecule has 0 saturated carbocycles. The monoisotopic (exact) mass is 262 g/mol. The summed E-state index contributed by atoms with van der Waals surface area (Å²) in [5.74, 6) is 0. The molecular formula is C9H12BrClN2. The second-order valence-electron chi connectivity index (χ2n) is 3.12. The molecule has 1 atom stereocenters. The molecule has 1 aromatic rings. The molecule has 0 aliphatic carbocycles. The van der Waals surface area contributed by atoms with Crippen LogP contribution in [0.3, 0.4) is 0 Å². The summed E-state index contributed by atoms with van der Waals surface area (Å²) in [4.78, 5) is 4.03. The molecule has 0 aliphatic rings. The average Bonchev–Trinajstić information content (AvgIpc) is 2.06. The van der Waals surface area contributed by atoms with Crippen LogP contribution in [0.15, 0.2) is 16.7 Å². The molecule has 0 saturated heterocycles. The summed E-state index contributed by atoms with van der Waals surface area (Å²) in [6, 6.07) is 2.19. The molecule has 0 unspecified atom stereocenters. The van der Waals surface area contributed by atoms with Crippen molar-refractivity contribution in [1.82, 2.24) is 4.98 Å². The largest absolute Gasteiger partial charge is 0.328 e. The second-order valence-corrected chi connectivity index (χ2v) is 4.39. The van der Waals surface area contributed by atoms with Crippen LogP contribution in [0.5, 0.6) is 0 Å². The summed E-state index contributed by atoms with van der Waals surface area (Å²) < 4.78 is 0.955. The number of halogens is 2. The molecule has 0 bridgehead atoms. The van der Waals surface area contributed by atoms with Crippen LogP contribution >= 0.6 is 27.5 Å². The lowest BCUT2D eigenvalue weighted by molar-refractivity contribution is 0.665. The highest BCUT2D eigenvalue weighted by atomic mass is 79.9. The molecule has 0 fully saturated rings. The Balaban J connectivity index is 2.70. The Kier molecular flexibility index (Phi) is 4.16. The maximum Gasteiger partial charge on any atom is 0.132 e. The van der Waals surface area contributed by atoms with Crippen molar-refractivity contribution in [3.05, 3.63) is 27.5 Å². The Labute approximate surface area is 91.6 Å². The van der Waals surface area contributed by atoms with E-state index in [1.807, 2.05) is 13.0 Å². The standard InChI is InChI=1S/C9H12BrClN2/c1-6(12)2-3-7-4-8(10)5-13-9(7)11/h4-6H,2-3,12H2,1H3/t6-/m1/s1. The Bertz CT molecular complexity index is 289. The third-order valence-corrected chi connectivity index (χ3v) is 2.52. The van der Waals surface area contributed by atoms with Gasteiger partial charge in [-0.15, -0.1) is 0 Å². The summed E-state index contributed by atoms with van der Waals surface area (Å²) >= 11 is 9.26. The van der Waals surface area contributed by atoms with Crippen LogP contribution in [0, 0.1) is 0 Å². The number of hydrogen-bond acceptors (Lipinski definition) is 2. The Morgan fingerprint density at radius 3 is 3.00 bits per heavy atom. The number of aromatic nitrogens is 1. The minimum atomic E-state index is 0.204. The fraction of sp³-hybridized carbons (Fsp3) is 0.444. The van der Waals surface area contributed by atoms with Gasteiger partial charge in [0.2, 0.25) is 0 Å². The molecule has 0 amide bonds. The van der Waals surface area contributed by atoms with E-state index in [4.69, 9.17) is 17.3 Å². The predicted molar refractivity (Wildman–Crippen MR) is 58.9 cm³/mol. The van der Waals surface area contributed by atoms with E-state index in [1.165, 1.54) is 0 Å². The van der Waals surface area contributed by atoms with Crippen molar-refractivity contribution >= 4 is 27.5 Å². The molecule has 13 heavy (non-hydrogen) atoms. The molecular weight excluding hydrogens is 251 g/mol. The minimum Gasteiger partial charge on any atom is -0.328 e. The molecule has 1 rings (SSSR count). The molecule has 1 aromatic heterocycles. The summed E-state index contributed by atoms with van der Waals surface area (Å²) in [5, 5.41) is 0.573. The zero-order chi connectivity index (χ0) is 9.84. The third kappa shape index (κ3) is 3.63. The molecule has 0 aliphatic heterocycles. The lowest BCUT2D eigenvalue weighted by Crippen LogP contribution is -2.15. The summed E-state index contributed by atoms with van der Waals surface area (Å²) in [6.07, 6.45) is 3.50. The van der Waals surface area contributed by atoms with Gasteiger partial charge in [0.15, 0.2) is 0 Å². The molecule has 0 aromatic carbocycles. The number of aryl methyl sites for hydroxylation is 1. The first-order valence-electron chi connectivity index (χ1n) is 4.15. The SMILES string of the molecule is C[C@@H](N)CCc1cc(Br)cnc1Cl. The van der Waals surface area contributed by atoms with E-state index < -0.39 is 0 Å². The van der Waals surface area contributed by atoms with Gasteiger partial charge in [-0.1, -0.05) is 11.6 Å². The zero-order valence-corrected chi connectivity index (χ0v) is 9.77. The van der Waals surface area contributed by atoms with Gasteiger partial charge >= 0.3 is 0 Å². The Morgan fingerprint density at radius 2 is 2.38 bits per heavy atom. The molecule has 1 heterocycles. The van der Waals surface area contributed by atoms with Gasteiger partial charge in [-0.25, -0.2) is 4.98 Å². The van der Waals surface area contributed by atoms with Crippen LogP contribution in [0.1, 0.15) is 18.9 Å². The molecule has 4 heteroatoms. The van der Waals surface area contributed by atoms with Crippen molar-refractivity contribution in [2.24, 2.45) is 5.73 Å². The maximum absolute atomic E-state index is 5.91. The highest BCUT2D eigenvalue weighted by Gasteiger charge is 2.03. The van der Waals surface area contributed by atoms with E-state index in [2.05, 4.69) is 20.9 Å². The van der Waals surface area contributed by atoms with Crippen LogP contribution < -0.4 is 5.73 Å². The first-order valence-corrected chi connectivity index (χ1v) is 5.32. The van der Waals surface area contributed by atoms with Crippen molar-refractivity contribution in [3.8, 4) is 0 Å². The van der Waals surface area contributed by atoms with E-state index in [1.54, 1.807) is 6.20 Å². The van der Waals surface area contributed by atoms with E-state index in [-0.39, 0.29) is 6.04 Å². The summed E-state index contributed by atoms with van der Waals surface area (Å²) in [7, 11) is 0. The lowest BCUT2D eigenvalue weighted by Gasteiger charge is -2.06. The fourth-order valence-corrected chi connectivity index (χ4v) is 1.60. The van der Waals surface area contributed by atoms with Crippen LogP contribution in [0.4, 0.5) is 0 Å². The van der Waals surface area contributed by atoms with Crippen LogP contribution in [-0.2, 0) is 6.42 Å². The molecule has 2 N–H and O–H groups in total. The average molecular weight is 264 g/mol. The van der Waals surface area contributed by atoms with E-state index in [9.17, 15) is 0 Å². The second kappa shape index (κ2) is 4.94. The summed E-state index contributed by atoms with van der Waals surface area (Å²) in [5.41, 5.74) is 6.70. The van der Waals surface area contributed by atoms with E-state index in [0.717, 1.165) is 22.9 Å². The van der Waals surface area contributed by atoms with Crippen LogP contribution in [-0.4, -0.2) is 11.0 Å². The van der Waals surface area contributed by atoms with Gasteiger partial charge in [-0.3, -0.25) is 0 Å². The number of pyridine rings is 1. The smallest absolute Gasteiger partial charge is 0.132 e. The quantitative estimate of drug-likeness (QED) is 0.852. The number of rotatable bonds is 3. The van der Waals surface area contributed by atoms with Crippen LogP contribution in [0.25, 0.3) is 0 Å². The molecule has 0 radical (unpaired) electrons. The van der Waals surface area contributed by atoms with Gasteiger partial charge in [0, 0.05) is 16.7 Å². The van der Waals surface area contributed by atoms with Crippen molar-refractivity contribution < 1.29 is 0 Å². The minimum absolute atomic E-state index is 0.204. The van der Waals surface area contributed by atoms with Gasteiger partial charge < -0.3 is 5.73 Å². The molecule has 2 nitrogen and oxygen atoms in total. The first-order chi connectivity index (χ1) is 6.09. The third-order valence-electron chi connectivity index (χ3n) is 1.75. The zero-order valence-electron chi connectivity index (χ0n) is 7.43. The Hall–Kier alpha value is -0.120. The van der Waals surface area contributed by atoms with Gasteiger partial charge in [-0.05, 0) is 47.3 Å². The van der Waals surface area contributed by atoms with Crippen molar-refractivity contribution in [2.75, 3.05) is 0 Å². The number of nitrogens with zero attached hydrogens (tertiary/aromatic N) is 1. The van der Waals surface area contributed by atoms with Crippen molar-refractivity contribution in [2.45, 2.75) is 25.8 Å². The normalized spacial score (nSPS) is 12.9. The van der Waals surface area contributed by atoms with Gasteiger partial charge in [0.05, 0.1) is 0 Å². The molecule has 72 valence electrons. The first kappa shape index (κ1) is 11.0. The van der Waals surface area contributed by atoms with Gasteiger partial charge in [0.25, 0.3) is 0 Å². The molecule has 0 spiro atoms. The Morgan fingerprint density at radius 1 is 1.69 bits per heavy atom. The summed E-state index contributed by atoms with van der Waals surface area (Å²) in [6.45, 7) is 1.99. The topological polar surface area (TPSA) is 38.9 Å². The fourth-order valence-electron chi connectivity index (χ4n) is 1.02. The van der Waals surface area contributed by atoms with E-state index in [0.29, 0.717) is 5.15 Å².